The van der Waals surface area contributed by atoms with Gasteiger partial charge in [0.1, 0.15) is 12.4 Å². The van der Waals surface area contributed by atoms with Gasteiger partial charge in [-0.15, -0.1) is 0 Å². The standard InChI is InChI=1S/C19H20ClNO3/c1-19(2,3)17(22)12-24-14-8-6-7-13(11-14)21-18(23)15-9-4-5-10-16(15)20/h4-11H,12H2,1-3H3,(H,21,23). The van der Waals surface area contributed by atoms with Crippen LogP contribution in [0, 0.1) is 5.41 Å². The number of ketones is 1. The van der Waals surface area contributed by atoms with Gasteiger partial charge < -0.3 is 10.1 Å². The molecule has 0 aromatic heterocycles. The van der Waals surface area contributed by atoms with Crippen molar-refractivity contribution in [2.75, 3.05) is 11.9 Å². The summed E-state index contributed by atoms with van der Waals surface area (Å²) in [6.45, 7) is 5.53. The van der Waals surface area contributed by atoms with Crippen LogP contribution in [-0.2, 0) is 4.79 Å². The predicted octanol–water partition coefficient (Wildman–Crippen LogP) is 4.59. The van der Waals surface area contributed by atoms with Gasteiger partial charge in [0.2, 0.25) is 0 Å². The lowest BCUT2D eigenvalue weighted by molar-refractivity contribution is -0.128. The zero-order chi connectivity index (χ0) is 17.7. The third kappa shape index (κ3) is 4.83. The molecule has 0 aliphatic rings. The average Bonchev–Trinajstić information content (AvgIpc) is 2.52. The van der Waals surface area contributed by atoms with E-state index in [0.717, 1.165) is 0 Å². The van der Waals surface area contributed by atoms with Gasteiger partial charge in [-0.3, -0.25) is 9.59 Å². The molecule has 2 aromatic rings. The van der Waals surface area contributed by atoms with Gasteiger partial charge in [-0.2, -0.15) is 0 Å². The summed E-state index contributed by atoms with van der Waals surface area (Å²) in [7, 11) is 0. The zero-order valence-electron chi connectivity index (χ0n) is 13.9. The molecule has 0 bridgehead atoms. The molecule has 24 heavy (non-hydrogen) atoms. The summed E-state index contributed by atoms with van der Waals surface area (Å²) in [5.41, 5.74) is 0.518. The Hall–Kier alpha value is -2.33. The van der Waals surface area contributed by atoms with Crippen molar-refractivity contribution in [2.24, 2.45) is 5.41 Å². The summed E-state index contributed by atoms with van der Waals surface area (Å²) in [4.78, 5) is 24.2. The predicted molar refractivity (Wildman–Crippen MR) is 95.8 cm³/mol. The molecular formula is C19H20ClNO3. The number of rotatable bonds is 5. The van der Waals surface area contributed by atoms with E-state index in [-0.39, 0.29) is 18.3 Å². The number of carbonyl (C=O) groups excluding carboxylic acids is 2. The lowest BCUT2D eigenvalue weighted by Gasteiger charge is -2.17. The largest absolute Gasteiger partial charge is 0.486 e. The lowest BCUT2D eigenvalue weighted by Crippen LogP contribution is -2.26. The molecule has 0 heterocycles. The number of ether oxygens (including phenoxy) is 1. The Bertz CT molecular complexity index is 750. The van der Waals surface area contributed by atoms with Crippen LogP contribution in [0.1, 0.15) is 31.1 Å². The second-order valence-corrected chi connectivity index (χ2v) is 6.83. The maximum atomic E-state index is 12.3. The third-order valence-electron chi connectivity index (χ3n) is 3.42. The molecule has 0 radical (unpaired) electrons. The molecule has 5 heteroatoms. The van der Waals surface area contributed by atoms with Crippen molar-refractivity contribution in [1.29, 1.82) is 0 Å². The van der Waals surface area contributed by atoms with Crippen LogP contribution in [0.25, 0.3) is 0 Å². The summed E-state index contributed by atoms with van der Waals surface area (Å²) in [5, 5.41) is 3.16. The van der Waals surface area contributed by atoms with Crippen LogP contribution in [0.3, 0.4) is 0 Å². The second-order valence-electron chi connectivity index (χ2n) is 6.42. The lowest BCUT2D eigenvalue weighted by atomic mass is 9.91. The van der Waals surface area contributed by atoms with Crippen LogP contribution < -0.4 is 10.1 Å². The second kappa shape index (κ2) is 7.49. The number of amides is 1. The van der Waals surface area contributed by atoms with E-state index in [0.29, 0.717) is 22.0 Å². The first-order valence-corrected chi connectivity index (χ1v) is 7.97. The van der Waals surface area contributed by atoms with Gasteiger partial charge in [0.05, 0.1) is 10.6 Å². The molecule has 0 saturated carbocycles. The molecule has 4 nitrogen and oxygen atoms in total. The van der Waals surface area contributed by atoms with Crippen LogP contribution in [-0.4, -0.2) is 18.3 Å². The first-order chi connectivity index (χ1) is 11.3. The highest BCUT2D eigenvalue weighted by Crippen LogP contribution is 2.21. The molecule has 0 fully saturated rings. The molecule has 1 N–H and O–H groups in total. The Labute approximate surface area is 146 Å². The van der Waals surface area contributed by atoms with Gasteiger partial charge in [-0.05, 0) is 24.3 Å². The molecule has 126 valence electrons. The normalized spacial score (nSPS) is 11.0. The quantitative estimate of drug-likeness (QED) is 0.862. The first kappa shape index (κ1) is 18.0. The molecule has 0 aliphatic heterocycles. The molecular weight excluding hydrogens is 326 g/mol. The van der Waals surface area contributed by atoms with E-state index in [1.807, 2.05) is 20.8 Å². The van der Waals surface area contributed by atoms with E-state index < -0.39 is 5.41 Å². The summed E-state index contributed by atoms with van der Waals surface area (Å²) >= 11 is 6.02. The van der Waals surface area contributed by atoms with Gasteiger partial charge in [-0.1, -0.05) is 50.6 Å². The van der Waals surface area contributed by atoms with E-state index in [2.05, 4.69) is 5.32 Å². The minimum atomic E-state index is -0.449. The van der Waals surface area contributed by atoms with Crippen LogP contribution in [0.5, 0.6) is 5.75 Å². The maximum Gasteiger partial charge on any atom is 0.257 e. The number of hydrogen-bond acceptors (Lipinski definition) is 3. The first-order valence-electron chi connectivity index (χ1n) is 7.59. The van der Waals surface area contributed by atoms with Crippen LogP contribution in [0.2, 0.25) is 5.02 Å². The maximum absolute atomic E-state index is 12.3. The van der Waals surface area contributed by atoms with Crippen molar-refractivity contribution in [2.45, 2.75) is 20.8 Å². The van der Waals surface area contributed by atoms with Crippen molar-refractivity contribution < 1.29 is 14.3 Å². The Morgan fingerprint density at radius 3 is 2.46 bits per heavy atom. The van der Waals surface area contributed by atoms with E-state index in [9.17, 15) is 9.59 Å². The minimum Gasteiger partial charge on any atom is -0.486 e. The van der Waals surface area contributed by atoms with Gasteiger partial charge in [0.25, 0.3) is 5.91 Å². The van der Waals surface area contributed by atoms with Gasteiger partial charge in [0.15, 0.2) is 5.78 Å². The third-order valence-corrected chi connectivity index (χ3v) is 3.75. The number of anilines is 1. The number of halogens is 1. The van der Waals surface area contributed by atoms with Crippen LogP contribution >= 0.6 is 11.6 Å². The molecule has 0 unspecified atom stereocenters. The fraction of sp³-hybridized carbons (Fsp3) is 0.263. The van der Waals surface area contributed by atoms with E-state index in [1.54, 1.807) is 48.5 Å². The van der Waals surface area contributed by atoms with Gasteiger partial charge in [-0.25, -0.2) is 0 Å². The Morgan fingerprint density at radius 2 is 1.79 bits per heavy atom. The number of Topliss-reactive ketones (excluding diaryl/α,β-unsaturated/α-hetero) is 1. The highest BCUT2D eigenvalue weighted by Gasteiger charge is 2.21. The molecule has 0 atom stereocenters. The van der Waals surface area contributed by atoms with Crippen molar-refractivity contribution in [3.05, 3.63) is 59.1 Å². The molecule has 0 aliphatic carbocycles. The summed E-state index contributed by atoms with van der Waals surface area (Å²) in [6, 6.07) is 13.7. The fourth-order valence-electron chi connectivity index (χ4n) is 1.87. The van der Waals surface area contributed by atoms with E-state index in [4.69, 9.17) is 16.3 Å². The summed E-state index contributed by atoms with van der Waals surface area (Å²) < 4.78 is 5.52. The SMILES string of the molecule is CC(C)(C)C(=O)COc1cccc(NC(=O)c2ccccc2Cl)c1. The molecule has 2 rings (SSSR count). The molecule has 0 spiro atoms. The van der Waals surface area contributed by atoms with Gasteiger partial charge >= 0.3 is 0 Å². The van der Waals surface area contributed by atoms with Crippen LogP contribution in [0.15, 0.2) is 48.5 Å². The van der Waals surface area contributed by atoms with Crippen molar-refractivity contribution >= 4 is 29.0 Å². The average molecular weight is 346 g/mol. The van der Waals surface area contributed by atoms with E-state index >= 15 is 0 Å². The van der Waals surface area contributed by atoms with E-state index in [1.165, 1.54) is 0 Å². The summed E-state index contributed by atoms with van der Waals surface area (Å²) in [5.74, 6) is 0.223. The number of nitrogens with one attached hydrogen (secondary N) is 1. The number of benzene rings is 2. The Morgan fingerprint density at radius 1 is 1.08 bits per heavy atom. The highest BCUT2D eigenvalue weighted by atomic mass is 35.5. The zero-order valence-corrected chi connectivity index (χ0v) is 14.7. The Balaban J connectivity index is 2.04. The fourth-order valence-corrected chi connectivity index (χ4v) is 2.09. The molecule has 2 aromatic carbocycles. The topological polar surface area (TPSA) is 55.4 Å². The summed E-state index contributed by atoms with van der Waals surface area (Å²) in [6.07, 6.45) is 0. The molecule has 1 amide bonds. The van der Waals surface area contributed by atoms with Gasteiger partial charge in [0, 0.05) is 17.2 Å². The number of carbonyl (C=O) groups is 2. The monoisotopic (exact) mass is 345 g/mol. The van der Waals surface area contributed by atoms with Crippen LogP contribution in [0.4, 0.5) is 5.69 Å². The van der Waals surface area contributed by atoms with Crippen molar-refractivity contribution in [3.8, 4) is 5.75 Å². The highest BCUT2D eigenvalue weighted by molar-refractivity contribution is 6.34. The Kier molecular flexibility index (Phi) is 5.62. The molecule has 0 saturated heterocycles. The smallest absolute Gasteiger partial charge is 0.257 e. The minimum absolute atomic E-state index is 0.00741. The van der Waals surface area contributed by atoms with Crippen molar-refractivity contribution in [1.82, 2.24) is 0 Å². The van der Waals surface area contributed by atoms with Crippen molar-refractivity contribution in [3.63, 3.8) is 0 Å². The number of hydrogen-bond donors (Lipinski definition) is 1.